The fourth-order valence-corrected chi connectivity index (χ4v) is 4.30. The lowest BCUT2D eigenvalue weighted by molar-refractivity contribution is -0.384. The lowest BCUT2D eigenvalue weighted by atomic mass is 9.97. The SMILES string of the molecule is N#Cc1c(NC(=O)c2cccc([N+](=O)[O-])c2)sc2c1CCCCCC2. The first-order valence-corrected chi connectivity index (χ1v) is 9.02. The van der Waals surface area contributed by atoms with Crippen molar-refractivity contribution in [1.82, 2.24) is 0 Å². The maximum absolute atomic E-state index is 12.5. The summed E-state index contributed by atoms with van der Waals surface area (Å²) < 4.78 is 0. The largest absolute Gasteiger partial charge is 0.312 e. The summed E-state index contributed by atoms with van der Waals surface area (Å²) in [5.41, 5.74) is 1.67. The van der Waals surface area contributed by atoms with E-state index in [9.17, 15) is 20.2 Å². The number of carbonyl (C=O) groups excluding carboxylic acids is 1. The second-order valence-electron chi connectivity index (χ2n) is 6.00. The van der Waals surface area contributed by atoms with Crippen molar-refractivity contribution in [3.05, 3.63) is 55.9 Å². The van der Waals surface area contributed by atoms with Gasteiger partial charge in [0.2, 0.25) is 0 Å². The number of hydrogen-bond acceptors (Lipinski definition) is 5. The number of nitriles is 1. The van der Waals surface area contributed by atoms with E-state index in [4.69, 9.17) is 0 Å². The molecule has 6 nitrogen and oxygen atoms in total. The lowest BCUT2D eigenvalue weighted by Gasteiger charge is -2.08. The molecule has 1 aliphatic rings. The van der Waals surface area contributed by atoms with Gasteiger partial charge >= 0.3 is 0 Å². The van der Waals surface area contributed by atoms with Gasteiger partial charge in [-0.1, -0.05) is 18.9 Å². The van der Waals surface area contributed by atoms with Gasteiger partial charge in [-0.15, -0.1) is 11.3 Å². The van der Waals surface area contributed by atoms with Gasteiger partial charge < -0.3 is 5.32 Å². The number of hydrogen-bond donors (Lipinski definition) is 1. The Morgan fingerprint density at radius 2 is 2.00 bits per heavy atom. The maximum Gasteiger partial charge on any atom is 0.270 e. The van der Waals surface area contributed by atoms with E-state index in [1.54, 1.807) is 0 Å². The van der Waals surface area contributed by atoms with Crippen molar-refractivity contribution < 1.29 is 9.72 Å². The number of nitro groups is 1. The van der Waals surface area contributed by atoms with Crippen molar-refractivity contribution in [2.75, 3.05) is 5.32 Å². The van der Waals surface area contributed by atoms with Crippen LogP contribution in [0.4, 0.5) is 10.7 Å². The third-order valence-corrected chi connectivity index (χ3v) is 5.54. The Morgan fingerprint density at radius 1 is 1.24 bits per heavy atom. The van der Waals surface area contributed by atoms with Crippen LogP contribution in [0, 0.1) is 21.4 Å². The van der Waals surface area contributed by atoms with Crippen molar-refractivity contribution in [1.29, 1.82) is 5.26 Å². The van der Waals surface area contributed by atoms with Gasteiger partial charge in [0.25, 0.3) is 11.6 Å². The first kappa shape index (κ1) is 17.1. The molecule has 128 valence electrons. The van der Waals surface area contributed by atoms with Gasteiger partial charge in [0, 0.05) is 22.6 Å². The molecule has 1 aliphatic carbocycles. The van der Waals surface area contributed by atoms with Crippen molar-refractivity contribution in [2.45, 2.75) is 38.5 Å². The highest BCUT2D eigenvalue weighted by atomic mass is 32.1. The van der Waals surface area contributed by atoms with E-state index >= 15 is 0 Å². The molecule has 0 unspecified atom stereocenters. The Labute approximate surface area is 149 Å². The molecule has 0 aliphatic heterocycles. The molecule has 1 amide bonds. The molecule has 1 N–H and O–H groups in total. The minimum Gasteiger partial charge on any atom is -0.312 e. The number of nitrogens with one attached hydrogen (secondary N) is 1. The molecule has 1 aromatic heterocycles. The number of thiophene rings is 1. The van der Waals surface area contributed by atoms with Crippen LogP contribution >= 0.6 is 11.3 Å². The number of nitrogens with zero attached hydrogens (tertiary/aromatic N) is 2. The molecule has 0 atom stereocenters. The van der Waals surface area contributed by atoms with Crippen LogP contribution in [0.15, 0.2) is 24.3 Å². The Balaban J connectivity index is 1.89. The molecule has 0 radical (unpaired) electrons. The topological polar surface area (TPSA) is 96.0 Å². The normalized spacial score (nSPS) is 13.9. The van der Waals surface area contributed by atoms with Gasteiger partial charge in [0.1, 0.15) is 11.1 Å². The van der Waals surface area contributed by atoms with Gasteiger partial charge in [0.15, 0.2) is 0 Å². The Morgan fingerprint density at radius 3 is 2.72 bits per heavy atom. The zero-order valence-corrected chi connectivity index (χ0v) is 14.4. The molecule has 1 heterocycles. The average Bonchev–Trinajstić information content (AvgIpc) is 2.90. The van der Waals surface area contributed by atoms with Crippen molar-refractivity contribution in [3.63, 3.8) is 0 Å². The highest BCUT2D eigenvalue weighted by molar-refractivity contribution is 7.16. The van der Waals surface area contributed by atoms with Crippen LogP contribution in [-0.2, 0) is 12.8 Å². The van der Waals surface area contributed by atoms with Crippen LogP contribution in [0.2, 0.25) is 0 Å². The molecule has 0 saturated heterocycles. The monoisotopic (exact) mass is 355 g/mol. The number of carbonyl (C=O) groups is 1. The number of amides is 1. The number of benzene rings is 1. The third kappa shape index (κ3) is 3.69. The number of rotatable bonds is 3. The Kier molecular flexibility index (Phi) is 5.10. The first-order valence-electron chi connectivity index (χ1n) is 8.20. The lowest BCUT2D eigenvalue weighted by Crippen LogP contribution is -2.12. The maximum atomic E-state index is 12.5. The number of nitro benzene ring substituents is 1. The van der Waals surface area contributed by atoms with Crippen LogP contribution in [-0.4, -0.2) is 10.8 Å². The standard InChI is InChI=1S/C18H17N3O3S/c19-11-15-14-8-3-1-2-4-9-16(14)25-18(15)20-17(22)12-6-5-7-13(10-12)21(23)24/h5-7,10H,1-4,8-9H2,(H,20,22). The highest BCUT2D eigenvalue weighted by Crippen LogP contribution is 2.36. The Hall–Kier alpha value is -2.72. The zero-order chi connectivity index (χ0) is 17.8. The molecule has 3 rings (SSSR count). The van der Waals surface area contributed by atoms with E-state index in [2.05, 4.69) is 11.4 Å². The fraction of sp³-hybridized carbons (Fsp3) is 0.333. The summed E-state index contributed by atoms with van der Waals surface area (Å²) in [7, 11) is 0. The zero-order valence-electron chi connectivity index (χ0n) is 13.6. The predicted molar refractivity (Wildman–Crippen MR) is 96.0 cm³/mol. The van der Waals surface area contributed by atoms with E-state index < -0.39 is 10.8 Å². The summed E-state index contributed by atoms with van der Waals surface area (Å²) in [4.78, 5) is 24.0. The molecular weight excluding hydrogens is 338 g/mol. The van der Waals surface area contributed by atoms with Crippen molar-refractivity contribution in [3.8, 4) is 6.07 Å². The van der Waals surface area contributed by atoms with Gasteiger partial charge in [-0.2, -0.15) is 5.26 Å². The van der Waals surface area contributed by atoms with Crippen molar-refractivity contribution >= 4 is 27.9 Å². The minimum absolute atomic E-state index is 0.133. The van der Waals surface area contributed by atoms with Crippen LogP contribution in [0.3, 0.4) is 0 Å². The molecule has 25 heavy (non-hydrogen) atoms. The summed E-state index contributed by atoms with van der Waals surface area (Å²) in [5.74, 6) is -0.436. The van der Waals surface area contributed by atoms with Crippen LogP contribution in [0.1, 0.15) is 52.0 Å². The molecule has 0 bridgehead atoms. The van der Waals surface area contributed by atoms with Crippen LogP contribution in [0.25, 0.3) is 0 Å². The second-order valence-corrected chi connectivity index (χ2v) is 7.10. The van der Waals surface area contributed by atoms with Gasteiger partial charge in [-0.3, -0.25) is 14.9 Å². The third-order valence-electron chi connectivity index (χ3n) is 4.33. The summed E-state index contributed by atoms with van der Waals surface area (Å²) in [6.45, 7) is 0. The molecule has 0 saturated carbocycles. The number of non-ortho nitro benzene ring substituents is 1. The number of fused-ring (bicyclic) bond motifs is 1. The number of aryl methyl sites for hydroxylation is 1. The van der Waals surface area contributed by atoms with E-state index in [1.165, 1.54) is 46.9 Å². The molecule has 0 fully saturated rings. The van der Waals surface area contributed by atoms with E-state index in [-0.39, 0.29) is 11.3 Å². The highest BCUT2D eigenvalue weighted by Gasteiger charge is 2.21. The molecule has 2 aromatic rings. The van der Waals surface area contributed by atoms with Gasteiger partial charge in [-0.05, 0) is 37.3 Å². The van der Waals surface area contributed by atoms with Crippen LogP contribution < -0.4 is 5.32 Å². The molecule has 7 heteroatoms. The average molecular weight is 355 g/mol. The predicted octanol–water partition coefficient (Wildman–Crippen LogP) is 4.44. The second kappa shape index (κ2) is 7.45. The molecular formula is C18H17N3O3S. The van der Waals surface area contributed by atoms with Gasteiger partial charge in [0.05, 0.1) is 10.5 Å². The molecule has 0 spiro atoms. The number of anilines is 1. The summed E-state index contributed by atoms with van der Waals surface area (Å²) >= 11 is 1.45. The van der Waals surface area contributed by atoms with Crippen LogP contribution in [0.5, 0.6) is 0 Å². The van der Waals surface area contributed by atoms with E-state index in [0.29, 0.717) is 10.6 Å². The minimum atomic E-state index is -0.533. The summed E-state index contributed by atoms with van der Waals surface area (Å²) in [6.07, 6.45) is 6.29. The molecule has 1 aromatic carbocycles. The first-order chi connectivity index (χ1) is 12.1. The quantitative estimate of drug-likeness (QED) is 0.650. The smallest absolute Gasteiger partial charge is 0.270 e. The van der Waals surface area contributed by atoms with E-state index in [1.807, 2.05) is 0 Å². The van der Waals surface area contributed by atoms with Gasteiger partial charge in [-0.25, -0.2) is 0 Å². The van der Waals surface area contributed by atoms with E-state index in [0.717, 1.165) is 37.7 Å². The fourth-order valence-electron chi connectivity index (χ4n) is 3.06. The summed E-state index contributed by atoms with van der Waals surface area (Å²) in [6, 6.07) is 7.81. The summed E-state index contributed by atoms with van der Waals surface area (Å²) in [5, 5.41) is 23.7. The Bertz CT molecular complexity index is 867. The van der Waals surface area contributed by atoms with Crippen molar-refractivity contribution in [2.24, 2.45) is 0 Å².